The molecule has 1 N–H and O–H groups in total. The second-order valence-corrected chi connectivity index (χ2v) is 12.6. The lowest BCUT2D eigenvalue weighted by Gasteiger charge is -2.26. The van der Waals surface area contributed by atoms with Gasteiger partial charge in [-0.1, -0.05) is 23.7 Å². The van der Waals surface area contributed by atoms with Gasteiger partial charge >= 0.3 is 12.1 Å². The minimum atomic E-state index is -1.00. The Morgan fingerprint density at radius 3 is 2.34 bits per heavy atom. The first kappa shape index (κ1) is 30.2. The van der Waals surface area contributed by atoms with Gasteiger partial charge in [-0.25, -0.2) is 4.79 Å². The van der Waals surface area contributed by atoms with Crippen LogP contribution < -0.4 is 19.7 Å². The Hall–Kier alpha value is -3.76. The molecule has 2 amide bonds. The average Bonchev–Trinajstić information content (AvgIpc) is 3.44. The molecule has 4 rings (SSSR count). The summed E-state index contributed by atoms with van der Waals surface area (Å²) in [6.07, 6.45) is -0.707. The van der Waals surface area contributed by atoms with Crippen LogP contribution in [-0.4, -0.2) is 49.4 Å². The Bertz CT molecular complexity index is 1440. The molecule has 41 heavy (non-hydrogen) atoms. The van der Waals surface area contributed by atoms with Crippen LogP contribution in [0.15, 0.2) is 48.5 Å². The minimum absolute atomic E-state index is 0.0221. The molecule has 0 bridgehead atoms. The van der Waals surface area contributed by atoms with Crippen molar-refractivity contribution in [1.29, 1.82) is 0 Å². The van der Waals surface area contributed by atoms with Crippen molar-refractivity contribution in [2.24, 2.45) is 0 Å². The fourth-order valence-corrected chi connectivity index (χ4v) is 5.34. The molecule has 218 valence electrons. The van der Waals surface area contributed by atoms with E-state index in [1.54, 1.807) is 57.7 Å². The van der Waals surface area contributed by atoms with Gasteiger partial charge in [0, 0.05) is 21.7 Å². The van der Waals surface area contributed by atoms with E-state index in [1.807, 2.05) is 30.3 Å². The minimum Gasteiger partial charge on any atom is -0.493 e. The van der Waals surface area contributed by atoms with Gasteiger partial charge in [-0.2, -0.15) is 0 Å². The van der Waals surface area contributed by atoms with Gasteiger partial charge < -0.3 is 29.2 Å². The van der Waals surface area contributed by atoms with Gasteiger partial charge in [0.1, 0.15) is 24.4 Å². The van der Waals surface area contributed by atoms with E-state index in [2.05, 4.69) is 5.32 Å². The van der Waals surface area contributed by atoms with E-state index < -0.39 is 23.3 Å². The van der Waals surface area contributed by atoms with Gasteiger partial charge in [0.25, 0.3) is 5.91 Å². The standard InChI is InChI=1S/C30H33ClN2O7S/c1-29(2,3)40-28(36)32-15-25(34)39-30(4,5)17-38-22-12-11-21(14-23(22)37-6)33-16-19-13-24(41-26(19)27(33)35)18-7-9-20(31)10-8-18/h7-14H,15-17H2,1-6H3,(H,32,36). The Labute approximate surface area is 248 Å². The van der Waals surface area contributed by atoms with Crippen LogP contribution in [0, 0.1) is 0 Å². The van der Waals surface area contributed by atoms with Gasteiger partial charge in [-0.15, -0.1) is 11.3 Å². The summed E-state index contributed by atoms with van der Waals surface area (Å²) in [5.74, 6) is 0.153. The van der Waals surface area contributed by atoms with Crippen molar-refractivity contribution >= 4 is 46.6 Å². The number of anilines is 1. The smallest absolute Gasteiger partial charge is 0.408 e. The summed E-state index contributed by atoms with van der Waals surface area (Å²) in [6, 6.07) is 14.8. The molecular weight excluding hydrogens is 568 g/mol. The molecule has 1 aromatic heterocycles. The average molecular weight is 601 g/mol. The molecule has 0 aliphatic carbocycles. The predicted octanol–water partition coefficient (Wildman–Crippen LogP) is 6.46. The summed E-state index contributed by atoms with van der Waals surface area (Å²) in [4.78, 5) is 40.7. The van der Waals surface area contributed by atoms with Crippen LogP contribution in [0.4, 0.5) is 10.5 Å². The van der Waals surface area contributed by atoms with Crippen LogP contribution in [0.1, 0.15) is 49.9 Å². The molecule has 1 aliphatic rings. The number of carbonyl (C=O) groups is 3. The molecule has 0 unspecified atom stereocenters. The molecule has 2 heterocycles. The third-order valence-electron chi connectivity index (χ3n) is 5.91. The van der Waals surface area contributed by atoms with E-state index in [9.17, 15) is 14.4 Å². The lowest BCUT2D eigenvalue weighted by Crippen LogP contribution is -2.40. The summed E-state index contributed by atoms with van der Waals surface area (Å²) in [7, 11) is 1.51. The largest absolute Gasteiger partial charge is 0.493 e. The van der Waals surface area contributed by atoms with E-state index >= 15 is 0 Å². The molecule has 3 aromatic rings. The predicted molar refractivity (Wildman–Crippen MR) is 158 cm³/mol. The van der Waals surface area contributed by atoms with Crippen molar-refractivity contribution in [3.05, 3.63) is 64.0 Å². The molecule has 11 heteroatoms. The third-order valence-corrected chi connectivity index (χ3v) is 7.37. The summed E-state index contributed by atoms with van der Waals surface area (Å²) in [5.41, 5.74) is 0.983. The number of ether oxygens (including phenoxy) is 4. The molecular formula is C30H33ClN2O7S. The summed E-state index contributed by atoms with van der Waals surface area (Å²) >= 11 is 7.47. The van der Waals surface area contributed by atoms with E-state index in [-0.39, 0.29) is 19.1 Å². The van der Waals surface area contributed by atoms with Gasteiger partial charge in [-0.05, 0) is 76.1 Å². The number of esters is 1. The Kier molecular flexibility index (Phi) is 8.84. The highest BCUT2D eigenvalue weighted by atomic mass is 35.5. The number of amides is 2. The number of hydrogen-bond acceptors (Lipinski definition) is 8. The van der Waals surface area contributed by atoms with Gasteiger partial charge in [0.05, 0.1) is 18.5 Å². The number of thiophene rings is 1. The van der Waals surface area contributed by atoms with E-state index in [0.29, 0.717) is 33.6 Å². The number of hydrogen-bond donors (Lipinski definition) is 1. The van der Waals surface area contributed by atoms with Gasteiger partial charge in [0.15, 0.2) is 11.5 Å². The third kappa shape index (κ3) is 7.71. The number of halogens is 1. The lowest BCUT2D eigenvalue weighted by atomic mass is 10.1. The maximum Gasteiger partial charge on any atom is 0.408 e. The first-order valence-corrected chi connectivity index (χ1v) is 14.1. The maximum atomic E-state index is 13.3. The number of benzene rings is 2. The monoisotopic (exact) mass is 600 g/mol. The zero-order valence-electron chi connectivity index (χ0n) is 23.8. The van der Waals surface area contributed by atoms with Crippen LogP contribution in [0.3, 0.4) is 0 Å². The SMILES string of the molecule is COc1cc(N2Cc3cc(-c4ccc(Cl)cc4)sc3C2=O)ccc1OCC(C)(C)OC(=O)CNC(=O)OC(C)(C)C. The molecule has 2 aromatic carbocycles. The Balaban J connectivity index is 1.35. The summed E-state index contributed by atoms with van der Waals surface area (Å²) < 4.78 is 22.1. The lowest BCUT2D eigenvalue weighted by molar-refractivity contribution is -0.157. The van der Waals surface area contributed by atoms with Crippen molar-refractivity contribution < 1.29 is 33.3 Å². The molecule has 0 fully saturated rings. The molecule has 0 saturated heterocycles. The number of methoxy groups -OCH3 is 1. The maximum absolute atomic E-state index is 13.3. The van der Waals surface area contributed by atoms with Crippen molar-refractivity contribution in [3.8, 4) is 21.9 Å². The number of carbonyl (C=O) groups excluding carboxylic acids is 3. The zero-order chi connectivity index (χ0) is 29.9. The number of rotatable bonds is 9. The second kappa shape index (κ2) is 12.0. The summed E-state index contributed by atoms with van der Waals surface area (Å²) in [6.45, 7) is 8.70. The molecule has 0 spiro atoms. The van der Waals surface area contributed by atoms with Crippen molar-refractivity contribution in [2.45, 2.75) is 52.4 Å². The molecule has 0 saturated carbocycles. The fourth-order valence-electron chi connectivity index (χ4n) is 4.08. The van der Waals surface area contributed by atoms with Crippen LogP contribution in [0.5, 0.6) is 11.5 Å². The molecule has 0 radical (unpaired) electrons. The topological polar surface area (TPSA) is 103 Å². The zero-order valence-corrected chi connectivity index (χ0v) is 25.4. The highest BCUT2D eigenvalue weighted by Crippen LogP contribution is 2.40. The quantitative estimate of drug-likeness (QED) is 0.281. The first-order valence-electron chi connectivity index (χ1n) is 12.9. The van der Waals surface area contributed by atoms with E-state index in [0.717, 1.165) is 16.0 Å². The van der Waals surface area contributed by atoms with Crippen LogP contribution >= 0.6 is 22.9 Å². The van der Waals surface area contributed by atoms with Crippen LogP contribution in [0.25, 0.3) is 10.4 Å². The van der Waals surface area contributed by atoms with Gasteiger partial charge in [0.2, 0.25) is 0 Å². The number of fused-ring (bicyclic) bond motifs is 1. The van der Waals surface area contributed by atoms with Crippen molar-refractivity contribution in [1.82, 2.24) is 5.32 Å². The molecule has 9 nitrogen and oxygen atoms in total. The highest BCUT2D eigenvalue weighted by Gasteiger charge is 2.32. The van der Waals surface area contributed by atoms with Crippen molar-refractivity contribution in [2.75, 3.05) is 25.2 Å². The Morgan fingerprint density at radius 1 is 1.00 bits per heavy atom. The van der Waals surface area contributed by atoms with Crippen molar-refractivity contribution in [3.63, 3.8) is 0 Å². The van der Waals surface area contributed by atoms with Crippen LogP contribution in [-0.2, 0) is 20.8 Å². The number of alkyl carbamates (subject to hydrolysis) is 1. The number of nitrogens with one attached hydrogen (secondary N) is 1. The van der Waals surface area contributed by atoms with E-state index in [1.165, 1.54) is 18.4 Å². The molecule has 1 aliphatic heterocycles. The second-order valence-electron chi connectivity index (χ2n) is 11.1. The fraction of sp³-hybridized carbons (Fsp3) is 0.367. The normalized spacial score (nSPS) is 13.0. The Morgan fingerprint density at radius 2 is 1.71 bits per heavy atom. The van der Waals surface area contributed by atoms with Gasteiger partial charge in [-0.3, -0.25) is 9.59 Å². The van der Waals surface area contributed by atoms with Crippen LogP contribution in [0.2, 0.25) is 5.02 Å². The highest BCUT2D eigenvalue weighted by molar-refractivity contribution is 7.17. The summed E-state index contributed by atoms with van der Waals surface area (Å²) in [5, 5.41) is 3.04. The first-order chi connectivity index (χ1) is 19.2. The van der Waals surface area contributed by atoms with E-state index in [4.69, 9.17) is 30.5 Å². The number of nitrogens with zero attached hydrogens (tertiary/aromatic N) is 1. The molecule has 0 atom stereocenters.